The highest BCUT2D eigenvalue weighted by Crippen LogP contribution is 2.13. The Morgan fingerprint density at radius 1 is 1.33 bits per heavy atom. The van der Waals surface area contributed by atoms with Crippen LogP contribution in [0.4, 0.5) is 10.2 Å². The van der Waals surface area contributed by atoms with Crippen LogP contribution in [0.2, 0.25) is 0 Å². The fourth-order valence-electron chi connectivity index (χ4n) is 1.38. The van der Waals surface area contributed by atoms with Crippen LogP contribution < -0.4 is 5.32 Å². The maximum atomic E-state index is 13.2. The van der Waals surface area contributed by atoms with Gasteiger partial charge in [0.05, 0.1) is 0 Å². The molecule has 0 aliphatic heterocycles. The van der Waals surface area contributed by atoms with Crippen LogP contribution in [0.25, 0.3) is 0 Å². The van der Waals surface area contributed by atoms with Crippen molar-refractivity contribution in [2.24, 2.45) is 5.92 Å². The molecule has 0 saturated heterocycles. The normalized spacial score (nSPS) is 12.9. The van der Waals surface area contributed by atoms with Crippen molar-refractivity contribution < 1.29 is 4.39 Å². The van der Waals surface area contributed by atoms with Gasteiger partial charge in [0.1, 0.15) is 0 Å². The highest BCUT2D eigenvalue weighted by molar-refractivity contribution is 5.36. The van der Waals surface area contributed by atoms with Crippen LogP contribution in [-0.4, -0.2) is 11.0 Å². The Balaban J connectivity index is 2.44. The predicted molar refractivity (Wildman–Crippen MR) is 61.4 cm³/mol. The SMILES string of the molecule is CC(C)CCC(C)Nc1ncccc1F. The number of aromatic nitrogens is 1. The minimum Gasteiger partial charge on any atom is -0.365 e. The van der Waals surface area contributed by atoms with Crippen molar-refractivity contribution in [3.8, 4) is 0 Å². The van der Waals surface area contributed by atoms with Crippen molar-refractivity contribution in [3.63, 3.8) is 0 Å². The molecule has 1 aromatic rings. The van der Waals surface area contributed by atoms with Gasteiger partial charge in [-0.25, -0.2) is 9.37 Å². The molecule has 1 atom stereocenters. The van der Waals surface area contributed by atoms with Crippen molar-refractivity contribution in [1.82, 2.24) is 4.98 Å². The van der Waals surface area contributed by atoms with Gasteiger partial charge in [-0.3, -0.25) is 0 Å². The van der Waals surface area contributed by atoms with Gasteiger partial charge >= 0.3 is 0 Å². The number of halogens is 1. The standard InChI is InChI=1S/C12H19FN2/c1-9(2)6-7-10(3)15-12-11(13)5-4-8-14-12/h4-5,8-10H,6-7H2,1-3H3,(H,14,15). The molecular weight excluding hydrogens is 191 g/mol. The van der Waals surface area contributed by atoms with Crippen LogP contribution >= 0.6 is 0 Å². The second-order valence-electron chi connectivity index (χ2n) is 4.35. The van der Waals surface area contributed by atoms with Crippen molar-refractivity contribution >= 4 is 5.82 Å². The van der Waals surface area contributed by atoms with Crippen molar-refractivity contribution in [2.75, 3.05) is 5.32 Å². The molecule has 1 aromatic heterocycles. The largest absolute Gasteiger partial charge is 0.365 e. The average molecular weight is 210 g/mol. The Kier molecular flexibility index (Phi) is 4.53. The van der Waals surface area contributed by atoms with Gasteiger partial charge in [0.15, 0.2) is 11.6 Å². The predicted octanol–water partition coefficient (Wildman–Crippen LogP) is 3.46. The van der Waals surface area contributed by atoms with Crippen LogP contribution in [-0.2, 0) is 0 Å². The summed E-state index contributed by atoms with van der Waals surface area (Å²) in [6.07, 6.45) is 3.77. The van der Waals surface area contributed by atoms with Gasteiger partial charge in [0, 0.05) is 12.2 Å². The number of nitrogens with one attached hydrogen (secondary N) is 1. The molecule has 84 valence electrons. The Morgan fingerprint density at radius 2 is 2.07 bits per heavy atom. The zero-order chi connectivity index (χ0) is 11.3. The molecule has 1 N–H and O–H groups in total. The molecule has 1 heterocycles. The van der Waals surface area contributed by atoms with Crippen LogP contribution in [0.1, 0.15) is 33.6 Å². The van der Waals surface area contributed by atoms with Gasteiger partial charge in [0.2, 0.25) is 0 Å². The topological polar surface area (TPSA) is 24.9 Å². The summed E-state index contributed by atoms with van der Waals surface area (Å²) in [6, 6.07) is 3.28. The Hall–Kier alpha value is -1.12. The summed E-state index contributed by atoms with van der Waals surface area (Å²) in [5.74, 6) is 0.755. The van der Waals surface area contributed by atoms with E-state index in [1.54, 1.807) is 12.3 Å². The second-order valence-corrected chi connectivity index (χ2v) is 4.35. The molecular formula is C12H19FN2. The van der Waals surface area contributed by atoms with E-state index >= 15 is 0 Å². The molecule has 0 radical (unpaired) electrons. The lowest BCUT2D eigenvalue weighted by Gasteiger charge is -2.15. The number of pyridine rings is 1. The number of hydrogen-bond acceptors (Lipinski definition) is 2. The molecule has 0 amide bonds. The number of rotatable bonds is 5. The lowest BCUT2D eigenvalue weighted by molar-refractivity contribution is 0.524. The molecule has 0 aliphatic carbocycles. The summed E-state index contributed by atoms with van der Waals surface area (Å²) in [4.78, 5) is 3.96. The summed E-state index contributed by atoms with van der Waals surface area (Å²) in [5, 5.41) is 3.08. The average Bonchev–Trinajstić information content (AvgIpc) is 2.18. The Labute approximate surface area is 90.9 Å². The maximum absolute atomic E-state index is 13.2. The molecule has 0 bridgehead atoms. The second kappa shape index (κ2) is 5.69. The molecule has 0 aromatic carbocycles. The molecule has 1 rings (SSSR count). The smallest absolute Gasteiger partial charge is 0.165 e. The third-order valence-corrected chi connectivity index (χ3v) is 2.32. The van der Waals surface area contributed by atoms with E-state index in [4.69, 9.17) is 0 Å². The Bertz CT molecular complexity index is 299. The molecule has 3 heteroatoms. The van der Waals surface area contributed by atoms with Gasteiger partial charge < -0.3 is 5.32 Å². The first-order valence-corrected chi connectivity index (χ1v) is 5.46. The van der Waals surface area contributed by atoms with E-state index in [0.717, 1.165) is 12.8 Å². The molecule has 2 nitrogen and oxygen atoms in total. The van der Waals surface area contributed by atoms with Gasteiger partial charge in [0.25, 0.3) is 0 Å². The number of hydrogen-bond donors (Lipinski definition) is 1. The lowest BCUT2D eigenvalue weighted by atomic mass is 10.0. The number of nitrogens with zero attached hydrogens (tertiary/aromatic N) is 1. The van der Waals surface area contributed by atoms with Crippen molar-refractivity contribution in [3.05, 3.63) is 24.1 Å². The molecule has 0 saturated carbocycles. The van der Waals surface area contributed by atoms with Crippen molar-refractivity contribution in [1.29, 1.82) is 0 Å². The molecule has 15 heavy (non-hydrogen) atoms. The van der Waals surface area contributed by atoms with E-state index < -0.39 is 0 Å². The molecule has 0 aliphatic rings. The van der Waals surface area contributed by atoms with Crippen LogP contribution in [0.5, 0.6) is 0 Å². The summed E-state index contributed by atoms with van der Waals surface area (Å²) in [7, 11) is 0. The van der Waals surface area contributed by atoms with Crippen LogP contribution in [0.3, 0.4) is 0 Å². The highest BCUT2D eigenvalue weighted by Gasteiger charge is 2.07. The molecule has 0 fully saturated rings. The van der Waals surface area contributed by atoms with Gasteiger partial charge in [-0.15, -0.1) is 0 Å². The first kappa shape index (κ1) is 12.0. The van der Waals surface area contributed by atoms with E-state index in [2.05, 4.69) is 31.1 Å². The fraction of sp³-hybridized carbons (Fsp3) is 0.583. The summed E-state index contributed by atoms with van der Waals surface area (Å²) in [6.45, 7) is 6.43. The zero-order valence-electron chi connectivity index (χ0n) is 9.63. The third-order valence-electron chi connectivity index (χ3n) is 2.32. The number of anilines is 1. The van der Waals surface area contributed by atoms with Gasteiger partial charge in [-0.05, 0) is 37.8 Å². The zero-order valence-corrected chi connectivity index (χ0v) is 9.63. The van der Waals surface area contributed by atoms with E-state index in [0.29, 0.717) is 11.7 Å². The highest BCUT2D eigenvalue weighted by atomic mass is 19.1. The first-order chi connectivity index (χ1) is 7.09. The van der Waals surface area contributed by atoms with E-state index in [1.165, 1.54) is 6.07 Å². The van der Waals surface area contributed by atoms with Crippen LogP contribution in [0, 0.1) is 11.7 Å². The fourth-order valence-corrected chi connectivity index (χ4v) is 1.38. The quantitative estimate of drug-likeness (QED) is 0.805. The third kappa shape index (κ3) is 4.28. The van der Waals surface area contributed by atoms with E-state index in [-0.39, 0.29) is 11.9 Å². The monoisotopic (exact) mass is 210 g/mol. The van der Waals surface area contributed by atoms with E-state index in [1.807, 2.05) is 0 Å². The summed E-state index contributed by atoms with van der Waals surface area (Å²) in [5.41, 5.74) is 0. The van der Waals surface area contributed by atoms with Gasteiger partial charge in [-0.1, -0.05) is 13.8 Å². The lowest BCUT2D eigenvalue weighted by Crippen LogP contribution is -2.17. The molecule has 0 spiro atoms. The van der Waals surface area contributed by atoms with Gasteiger partial charge in [-0.2, -0.15) is 0 Å². The Morgan fingerprint density at radius 3 is 2.67 bits per heavy atom. The summed E-state index contributed by atoms with van der Waals surface area (Å²) >= 11 is 0. The maximum Gasteiger partial charge on any atom is 0.165 e. The first-order valence-electron chi connectivity index (χ1n) is 5.46. The van der Waals surface area contributed by atoms with E-state index in [9.17, 15) is 4.39 Å². The minimum atomic E-state index is -0.283. The minimum absolute atomic E-state index is 0.261. The summed E-state index contributed by atoms with van der Waals surface area (Å²) < 4.78 is 13.2. The van der Waals surface area contributed by atoms with Crippen LogP contribution in [0.15, 0.2) is 18.3 Å². The van der Waals surface area contributed by atoms with Crippen molar-refractivity contribution in [2.45, 2.75) is 39.7 Å². The molecule has 1 unspecified atom stereocenters.